The van der Waals surface area contributed by atoms with Gasteiger partial charge in [-0.25, -0.2) is 4.79 Å². The van der Waals surface area contributed by atoms with Crippen LogP contribution in [0.3, 0.4) is 0 Å². The molecule has 0 bridgehead atoms. The molecular weight excluding hydrogens is 258 g/mol. The zero-order chi connectivity index (χ0) is 14.8. The molecular formula is C15H23NO4. The van der Waals surface area contributed by atoms with Crippen molar-refractivity contribution in [2.24, 2.45) is 0 Å². The van der Waals surface area contributed by atoms with Crippen molar-refractivity contribution in [2.75, 3.05) is 6.61 Å². The summed E-state index contributed by atoms with van der Waals surface area (Å²) in [5, 5.41) is 20.6. The summed E-state index contributed by atoms with van der Waals surface area (Å²) >= 11 is 0. The molecule has 1 amide bonds. The number of hydrogen-bond donors (Lipinski definition) is 3. The van der Waals surface area contributed by atoms with Crippen LogP contribution in [0.1, 0.15) is 31.7 Å². The molecule has 112 valence electrons. The van der Waals surface area contributed by atoms with Gasteiger partial charge in [0.05, 0.1) is 12.7 Å². The number of alkyl carbamates (subject to hydrolysis) is 1. The third-order valence-corrected chi connectivity index (χ3v) is 2.96. The molecule has 2 atom stereocenters. The quantitative estimate of drug-likeness (QED) is 0.679. The van der Waals surface area contributed by atoms with E-state index in [4.69, 9.17) is 9.84 Å². The highest BCUT2D eigenvalue weighted by atomic mass is 16.5. The number of aliphatic hydroxyl groups is 2. The molecule has 0 aliphatic carbocycles. The second-order valence-electron chi connectivity index (χ2n) is 4.87. The topological polar surface area (TPSA) is 78.8 Å². The van der Waals surface area contributed by atoms with E-state index in [-0.39, 0.29) is 19.3 Å². The van der Waals surface area contributed by atoms with Crippen molar-refractivity contribution in [3.8, 4) is 0 Å². The number of amides is 1. The van der Waals surface area contributed by atoms with Crippen LogP contribution in [-0.2, 0) is 11.3 Å². The first-order chi connectivity index (χ1) is 9.61. The first-order valence-corrected chi connectivity index (χ1v) is 6.88. The number of hydrogen-bond acceptors (Lipinski definition) is 4. The number of benzene rings is 1. The number of aliphatic hydroxyl groups excluding tert-OH is 2. The summed E-state index contributed by atoms with van der Waals surface area (Å²) in [5.41, 5.74) is 0.946. The fourth-order valence-corrected chi connectivity index (χ4v) is 1.79. The summed E-state index contributed by atoms with van der Waals surface area (Å²) in [6.07, 6.45) is 0.886. The molecule has 0 radical (unpaired) electrons. The molecule has 1 rings (SSSR count). The summed E-state index contributed by atoms with van der Waals surface area (Å²) in [4.78, 5) is 11.6. The van der Waals surface area contributed by atoms with Crippen LogP contribution in [0.25, 0.3) is 0 Å². The van der Waals surface area contributed by atoms with Crippen molar-refractivity contribution in [2.45, 2.75) is 44.9 Å². The van der Waals surface area contributed by atoms with Gasteiger partial charge in [-0.1, -0.05) is 30.3 Å². The van der Waals surface area contributed by atoms with Crippen LogP contribution in [-0.4, -0.2) is 35.1 Å². The molecule has 5 nitrogen and oxygen atoms in total. The van der Waals surface area contributed by atoms with E-state index >= 15 is 0 Å². The van der Waals surface area contributed by atoms with Gasteiger partial charge < -0.3 is 20.3 Å². The smallest absolute Gasteiger partial charge is 0.407 e. The lowest BCUT2D eigenvalue weighted by molar-refractivity contribution is 0.0853. The number of carbonyl (C=O) groups is 1. The molecule has 0 heterocycles. The standard InChI is InChI=1S/C15H23NO4/c1-12(6-5-9-14(18)10-17)16-15(19)20-11-13-7-3-2-4-8-13/h2-4,7-8,12,14,17-18H,5-6,9-11H2,1H3,(H,16,19)/t12-,14?/m1/s1. The fraction of sp³-hybridized carbons (Fsp3) is 0.533. The third kappa shape index (κ3) is 7.11. The van der Waals surface area contributed by atoms with E-state index in [1.807, 2.05) is 37.3 Å². The zero-order valence-corrected chi connectivity index (χ0v) is 11.8. The molecule has 0 saturated carbocycles. The van der Waals surface area contributed by atoms with Crippen LogP contribution < -0.4 is 5.32 Å². The highest BCUT2D eigenvalue weighted by molar-refractivity contribution is 5.67. The van der Waals surface area contributed by atoms with Gasteiger partial charge in [-0.3, -0.25) is 0 Å². The first-order valence-electron chi connectivity index (χ1n) is 6.88. The van der Waals surface area contributed by atoms with Crippen molar-refractivity contribution in [3.05, 3.63) is 35.9 Å². The second kappa shape index (κ2) is 9.34. The number of rotatable bonds is 8. The Morgan fingerprint density at radius 1 is 1.30 bits per heavy atom. The van der Waals surface area contributed by atoms with Gasteiger partial charge in [0.2, 0.25) is 0 Å². The molecule has 0 aromatic heterocycles. The predicted octanol–water partition coefficient (Wildman–Crippen LogP) is 1.82. The average Bonchev–Trinajstić information content (AvgIpc) is 2.46. The van der Waals surface area contributed by atoms with E-state index in [1.54, 1.807) is 0 Å². The van der Waals surface area contributed by atoms with Crippen LogP contribution in [0.15, 0.2) is 30.3 Å². The van der Waals surface area contributed by atoms with Crippen molar-refractivity contribution in [1.29, 1.82) is 0 Å². The number of ether oxygens (including phenoxy) is 1. The van der Waals surface area contributed by atoms with Crippen molar-refractivity contribution in [1.82, 2.24) is 5.32 Å². The zero-order valence-electron chi connectivity index (χ0n) is 11.8. The SMILES string of the molecule is C[C@H](CCCC(O)CO)NC(=O)OCc1ccccc1. The molecule has 0 fully saturated rings. The summed E-state index contributed by atoms with van der Waals surface area (Å²) in [5.74, 6) is 0. The number of carbonyl (C=O) groups excluding carboxylic acids is 1. The molecule has 20 heavy (non-hydrogen) atoms. The Morgan fingerprint density at radius 2 is 2.00 bits per heavy atom. The summed E-state index contributed by atoms with van der Waals surface area (Å²) < 4.78 is 5.11. The Bertz CT molecular complexity index is 383. The van der Waals surface area contributed by atoms with Gasteiger partial charge >= 0.3 is 6.09 Å². The van der Waals surface area contributed by atoms with Gasteiger partial charge in [0.25, 0.3) is 0 Å². The maximum Gasteiger partial charge on any atom is 0.407 e. The van der Waals surface area contributed by atoms with Crippen LogP contribution in [0.2, 0.25) is 0 Å². The maximum absolute atomic E-state index is 11.6. The van der Waals surface area contributed by atoms with Crippen LogP contribution in [0.4, 0.5) is 4.79 Å². The molecule has 3 N–H and O–H groups in total. The van der Waals surface area contributed by atoms with E-state index in [0.29, 0.717) is 6.42 Å². The Balaban J connectivity index is 2.15. The van der Waals surface area contributed by atoms with E-state index < -0.39 is 12.2 Å². The summed E-state index contributed by atoms with van der Waals surface area (Å²) in [6.45, 7) is 1.92. The Morgan fingerprint density at radius 3 is 2.65 bits per heavy atom. The Labute approximate surface area is 119 Å². The Hall–Kier alpha value is -1.59. The van der Waals surface area contributed by atoms with E-state index in [2.05, 4.69) is 5.32 Å². The van der Waals surface area contributed by atoms with Crippen LogP contribution in [0, 0.1) is 0 Å². The minimum Gasteiger partial charge on any atom is -0.445 e. The molecule has 0 spiro atoms. The normalized spacial score (nSPS) is 13.6. The van der Waals surface area contributed by atoms with Gasteiger partial charge in [0.15, 0.2) is 0 Å². The van der Waals surface area contributed by atoms with Gasteiger partial charge in [-0.2, -0.15) is 0 Å². The van der Waals surface area contributed by atoms with Crippen molar-refractivity contribution in [3.63, 3.8) is 0 Å². The highest BCUT2D eigenvalue weighted by Gasteiger charge is 2.09. The fourth-order valence-electron chi connectivity index (χ4n) is 1.79. The minimum absolute atomic E-state index is 0.0239. The molecule has 0 aliphatic rings. The average molecular weight is 281 g/mol. The lowest BCUT2D eigenvalue weighted by atomic mass is 10.1. The second-order valence-corrected chi connectivity index (χ2v) is 4.87. The highest BCUT2D eigenvalue weighted by Crippen LogP contribution is 2.05. The molecule has 1 unspecified atom stereocenters. The molecule has 1 aromatic rings. The maximum atomic E-state index is 11.6. The molecule has 0 aliphatic heterocycles. The Kier molecular flexibility index (Phi) is 7.69. The molecule has 5 heteroatoms. The van der Waals surface area contributed by atoms with Crippen LogP contribution >= 0.6 is 0 Å². The third-order valence-electron chi connectivity index (χ3n) is 2.96. The largest absolute Gasteiger partial charge is 0.445 e. The molecule has 0 saturated heterocycles. The lowest BCUT2D eigenvalue weighted by Gasteiger charge is -2.14. The van der Waals surface area contributed by atoms with Gasteiger partial charge in [-0.05, 0) is 31.7 Å². The molecule has 1 aromatic carbocycles. The van der Waals surface area contributed by atoms with Gasteiger partial charge in [0.1, 0.15) is 6.61 Å². The van der Waals surface area contributed by atoms with Crippen molar-refractivity contribution < 1.29 is 19.7 Å². The van der Waals surface area contributed by atoms with Crippen LogP contribution in [0.5, 0.6) is 0 Å². The minimum atomic E-state index is -0.674. The summed E-state index contributed by atoms with van der Waals surface area (Å²) in [7, 11) is 0. The predicted molar refractivity (Wildman–Crippen MR) is 76.2 cm³/mol. The van der Waals surface area contributed by atoms with Gasteiger partial charge in [-0.15, -0.1) is 0 Å². The summed E-state index contributed by atoms with van der Waals surface area (Å²) in [6, 6.07) is 9.47. The van der Waals surface area contributed by atoms with E-state index in [1.165, 1.54) is 0 Å². The monoisotopic (exact) mass is 281 g/mol. The lowest BCUT2D eigenvalue weighted by Crippen LogP contribution is -2.33. The van der Waals surface area contributed by atoms with E-state index in [9.17, 15) is 9.90 Å². The van der Waals surface area contributed by atoms with Crippen molar-refractivity contribution >= 4 is 6.09 Å². The van der Waals surface area contributed by atoms with E-state index in [0.717, 1.165) is 18.4 Å². The first kappa shape index (κ1) is 16.5. The number of nitrogens with one attached hydrogen (secondary N) is 1. The van der Waals surface area contributed by atoms with Gasteiger partial charge in [0, 0.05) is 6.04 Å².